The third kappa shape index (κ3) is 32.1. The Kier molecular flexibility index (Phi) is 37.7. The molecule has 12 amide bonds. The van der Waals surface area contributed by atoms with Gasteiger partial charge in [-0.1, -0.05) is 259 Å². The molecule has 676 valence electrons. The molecule has 0 saturated carbocycles. The molecule has 0 aliphatic carbocycles. The van der Waals surface area contributed by atoms with Crippen molar-refractivity contribution in [2.75, 3.05) is 26.3 Å². The third-order valence-electron chi connectivity index (χ3n) is 20.1. The second kappa shape index (κ2) is 47.6. The monoisotopic (exact) mass is 1800 g/mol. The molecule has 1 fully saturated rings. The summed E-state index contributed by atoms with van der Waals surface area (Å²) in [6.45, 7) is 3.30. The first kappa shape index (κ1) is 99.8. The van der Waals surface area contributed by atoms with Crippen LogP contribution in [0.25, 0.3) is 0 Å². The number of amides is 12. The number of phosphoric ester groups is 2. The Morgan fingerprint density at radius 3 is 1.17 bits per heavy atom. The number of benzene rings is 7. The van der Waals surface area contributed by atoms with Gasteiger partial charge < -0.3 is 87.3 Å². The summed E-state index contributed by atoms with van der Waals surface area (Å²) in [5.74, 6) is -16.3. The van der Waals surface area contributed by atoms with E-state index in [1.807, 2.05) is 0 Å². The van der Waals surface area contributed by atoms with E-state index in [1.54, 1.807) is 203 Å². The Morgan fingerprint density at radius 2 is 0.762 bits per heavy atom. The minimum Gasteiger partial charge on any atom is -0.404 e. The van der Waals surface area contributed by atoms with Crippen molar-refractivity contribution in [3.8, 4) is 5.75 Å². The summed E-state index contributed by atoms with van der Waals surface area (Å²) in [5.41, 5.74) is -1.40. The second-order valence-electron chi connectivity index (χ2n) is 31.1. The molecule has 18 N–H and O–H groups in total. The van der Waals surface area contributed by atoms with Crippen LogP contribution in [0, 0.1) is 0 Å². The molecule has 36 nitrogen and oxygen atoms in total. The van der Waals surface area contributed by atoms with E-state index in [-0.39, 0.29) is 12.1 Å². The lowest BCUT2D eigenvalue weighted by molar-refractivity contribution is -0.138. The number of unbranched alkanes of at least 4 members (excludes halogenated alkanes) is 9. The maximum atomic E-state index is 15.8. The van der Waals surface area contributed by atoms with E-state index in [1.165, 1.54) is 5.09 Å². The molecule has 8 rings (SSSR count). The molecule has 0 aromatic heterocycles. The molecule has 7 atom stereocenters. The highest BCUT2D eigenvalue weighted by atomic mass is 31.2. The number of carbonyl (C=O) groups is 12. The number of ether oxygens (including phenoxy) is 1. The van der Waals surface area contributed by atoms with Crippen LogP contribution in [-0.2, 0) is 98.0 Å². The molecule has 1 aliphatic heterocycles. The smallest absolute Gasteiger partial charge is 0.404 e. The van der Waals surface area contributed by atoms with Crippen molar-refractivity contribution in [3.63, 3.8) is 0 Å². The number of hydrogen-bond acceptors (Lipinski definition) is 18. The summed E-state index contributed by atoms with van der Waals surface area (Å²) < 4.78 is 52.1. The van der Waals surface area contributed by atoms with Crippen LogP contribution in [0.15, 0.2) is 206 Å². The van der Waals surface area contributed by atoms with Crippen molar-refractivity contribution in [1.29, 1.82) is 0 Å². The summed E-state index contributed by atoms with van der Waals surface area (Å²) in [6, 6.07) is 41.1. The Bertz CT molecular complexity index is 4780. The molecule has 126 heavy (non-hydrogen) atoms. The van der Waals surface area contributed by atoms with Crippen molar-refractivity contribution in [2.24, 2.45) is 0 Å². The van der Waals surface area contributed by atoms with Gasteiger partial charge in [-0.2, -0.15) is 0 Å². The summed E-state index contributed by atoms with van der Waals surface area (Å²) in [6.07, 6.45) is 3.52. The lowest BCUT2D eigenvalue weighted by atomic mass is 9.77. The van der Waals surface area contributed by atoms with E-state index in [0.29, 0.717) is 46.2 Å². The van der Waals surface area contributed by atoms with Crippen LogP contribution < -0.4 is 68.1 Å². The molecule has 1 saturated heterocycles. The van der Waals surface area contributed by atoms with E-state index in [2.05, 4.69) is 69.9 Å². The summed E-state index contributed by atoms with van der Waals surface area (Å²) in [7, 11) is -16.4. The van der Waals surface area contributed by atoms with Gasteiger partial charge in [-0.3, -0.25) is 76.9 Å². The fourth-order valence-electron chi connectivity index (χ4n) is 14.1. The second-order valence-corrected chi connectivity index (χ2v) is 34.8. The van der Waals surface area contributed by atoms with Crippen LogP contribution in [0.5, 0.6) is 5.75 Å². The number of rotatable bonds is 36. The highest BCUT2D eigenvalue weighted by Gasteiger charge is 2.44. The third-order valence-corrected chi connectivity index (χ3v) is 21.6. The fraction of sp³-hybridized carbons (Fsp3) is 0.379. The molecule has 0 unspecified atom stereocenters. The summed E-state index contributed by atoms with van der Waals surface area (Å²) in [4.78, 5) is 240. The predicted octanol–water partition coefficient (Wildman–Crippen LogP) is 5.17. The lowest BCUT2D eigenvalue weighted by Gasteiger charge is -2.37. The fourth-order valence-corrected chi connectivity index (χ4v) is 15.3. The number of nitrogens with one attached hydrogen (secondary N) is 12. The van der Waals surface area contributed by atoms with E-state index >= 15 is 24.0 Å². The average Bonchev–Trinajstić information content (AvgIpc) is 0.757. The van der Waals surface area contributed by atoms with Crippen molar-refractivity contribution in [1.82, 2.24) is 63.6 Å². The largest absolute Gasteiger partial charge is 0.524 e. The number of hydrogen-bond donors (Lipinski definition) is 18. The Balaban J connectivity index is 1.29. The molecule has 7 aromatic carbocycles. The van der Waals surface area contributed by atoms with Crippen LogP contribution in [-0.4, -0.2) is 174 Å². The zero-order valence-electron chi connectivity index (χ0n) is 70.0. The molecule has 39 heteroatoms. The molecule has 7 aromatic rings. The lowest BCUT2D eigenvalue weighted by Crippen LogP contribution is -2.61. The highest BCUT2D eigenvalue weighted by Crippen LogP contribution is 2.41. The van der Waals surface area contributed by atoms with E-state index in [9.17, 15) is 76.6 Å². The zero-order valence-corrected chi connectivity index (χ0v) is 72.7. The zero-order chi connectivity index (χ0) is 91.7. The minimum atomic E-state index is -5.65. The number of carbonyl (C=O) groups excluding carboxylic acids is 12. The van der Waals surface area contributed by atoms with Gasteiger partial charge >= 0.3 is 23.4 Å². The van der Waals surface area contributed by atoms with Crippen molar-refractivity contribution in [2.45, 2.75) is 183 Å². The van der Waals surface area contributed by atoms with Crippen LogP contribution in [0.4, 0.5) is 0 Å². The van der Waals surface area contributed by atoms with E-state index < -0.39 is 211 Å². The minimum absolute atomic E-state index is 0.0232. The normalized spacial score (nSPS) is 18.4. The average molecular weight is 1800 g/mol. The van der Waals surface area contributed by atoms with Crippen molar-refractivity contribution >= 4 is 94.3 Å². The van der Waals surface area contributed by atoms with Gasteiger partial charge in [0.05, 0.1) is 51.0 Å². The van der Waals surface area contributed by atoms with Crippen LogP contribution >= 0.6 is 23.4 Å². The molecule has 0 radical (unpaired) electrons. The van der Waals surface area contributed by atoms with Gasteiger partial charge in [0.1, 0.15) is 59.1 Å². The van der Waals surface area contributed by atoms with Crippen LogP contribution in [0.2, 0.25) is 0 Å². The van der Waals surface area contributed by atoms with Crippen LogP contribution in [0.1, 0.15) is 157 Å². The molecule has 1 aliphatic rings. The van der Waals surface area contributed by atoms with E-state index in [4.69, 9.17) is 9.26 Å². The maximum Gasteiger partial charge on any atom is 0.524 e. The van der Waals surface area contributed by atoms with Gasteiger partial charge in [-0.25, -0.2) is 13.7 Å². The summed E-state index contributed by atoms with van der Waals surface area (Å²) in [5, 5.41) is 29.0. The van der Waals surface area contributed by atoms with Crippen LogP contribution in [0.3, 0.4) is 0 Å². The van der Waals surface area contributed by atoms with Gasteiger partial charge in [-0.15, -0.1) is 0 Å². The Hall–Kier alpha value is -11.7. The first-order valence-electron chi connectivity index (χ1n) is 41.0. The topological polar surface area (TPSA) is 549 Å². The maximum absolute atomic E-state index is 15.8. The van der Waals surface area contributed by atoms with Gasteiger partial charge in [-0.05, 0) is 78.3 Å². The Labute approximate surface area is 728 Å². The van der Waals surface area contributed by atoms with Crippen molar-refractivity contribution < 1.29 is 114 Å². The van der Waals surface area contributed by atoms with Gasteiger partial charge in [0.25, 0.3) is 0 Å². The standard InChI is InChI=1S/C87H109N12O24P3/c1-5-6-7-8-9-10-11-12-13-32-49-88-78(105)67-51-73(100)91-72(57-122-125(115,116)117)84(111)92-66(50-58-45-47-65(48-46-58)123-126(118,119)120)80(107)94-68(54-76(103)99-124(112,113)114)79(106)89-55-77(104)90-69(52-74(101)97-86(59-33-20-14-21-34-59,60-35-22-15-23-36-60)61-37-24-16-25-38-61)81(108)96-71(56-121-85(2,3)4)83(110)95-70(82(109)93-67)53-75(102)98-87(62-39-26-17-27-40-62,63-41-28-18-29-42-63)64-43-30-19-31-44-64/h14-31,33-48,66-72H,5-13,32,49-57H2,1-4H3,(H,88,105)(H,89,106)(H,90,104)(H,91,100)(H,92,111)(H,93,109)(H,94,107)(H,95,110)(H,96,108)(H,97,101)(H,98,102)(H2,115,116,117)(H2,118,119,120)(H3,99,103,112,113,114)/t66-,67-,68-,69+,70+,71+,72-/m1/s1. The molecule has 0 spiro atoms. The Morgan fingerprint density at radius 1 is 0.405 bits per heavy atom. The van der Waals surface area contributed by atoms with Gasteiger partial charge in [0.15, 0.2) is 0 Å². The number of phosphoric acid groups is 2. The molecular weight excluding hydrogens is 1690 g/mol. The summed E-state index contributed by atoms with van der Waals surface area (Å²) >= 11 is 0. The SMILES string of the molecule is CCCCCCCCCCCCNC(=O)[C@H]1CC(=O)N[C@H](COP(=O)(O)O)C(=O)N[C@H](Cc2ccc(OP(=O)(O)O)cc2)C(=O)N[C@H](CC(=O)NP(=O)(O)O)C(=O)NCC(=O)N[C@@H](CC(=O)NC(c2ccccc2)(c2ccccc2)c2ccccc2)C(=O)N[C@@H](COC(C)(C)C)C(=O)N[C@@H](CC(=O)NC(c2ccccc2)(c2ccccc2)c2ccccc2)C(=O)N1. The van der Waals surface area contributed by atoms with Gasteiger partial charge in [0.2, 0.25) is 70.9 Å². The molecular formula is C87H109N12O24P3. The molecule has 0 bridgehead atoms. The highest BCUT2D eigenvalue weighted by molar-refractivity contribution is 7.50. The predicted molar refractivity (Wildman–Crippen MR) is 461 cm³/mol. The first-order valence-corrected chi connectivity index (χ1v) is 45.7. The first-order chi connectivity index (χ1) is 59.8. The van der Waals surface area contributed by atoms with Gasteiger partial charge in [0, 0.05) is 13.0 Å². The van der Waals surface area contributed by atoms with E-state index in [0.717, 1.165) is 75.6 Å². The quantitative estimate of drug-likeness (QED) is 0.0137. The molecule has 1 heterocycles. The van der Waals surface area contributed by atoms with Crippen molar-refractivity contribution in [3.05, 3.63) is 245 Å².